The number of anilines is 4. The Bertz CT molecular complexity index is 1030. The summed E-state index contributed by atoms with van der Waals surface area (Å²) in [6.07, 6.45) is 0. The molecule has 4 amide bonds. The fraction of sp³-hybridized carbons (Fsp3) is 0.130. The van der Waals surface area contributed by atoms with Crippen molar-refractivity contribution >= 4 is 58.0 Å². The zero-order chi connectivity index (χ0) is 22.5. The highest BCUT2D eigenvalue weighted by atomic mass is 35.5. The van der Waals surface area contributed by atoms with E-state index in [-0.39, 0.29) is 0 Å². The maximum absolute atomic E-state index is 12.5. The second kappa shape index (κ2) is 9.73. The minimum absolute atomic E-state index is 0.394. The van der Waals surface area contributed by atoms with Crippen molar-refractivity contribution in [1.82, 2.24) is 0 Å². The topological polar surface area (TPSA) is 82.3 Å². The van der Waals surface area contributed by atoms with Crippen LogP contribution in [0, 0.1) is 20.8 Å². The minimum atomic E-state index is -0.394. The van der Waals surface area contributed by atoms with Crippen molar-refractivity contribution < 1.29 is 9.59 Å². The summed E-state index contributed by atoms with van der Waals surface area (Å²) in [5.74, 6) is 0. The van der Waals surface area contributed by atoms with Crippen LogP contribution in [-0.2, 0) is 0 Å². The van der Waals surface area contributed by atoms with E-state index in [0.29, 0.717) is 32.8 Å². The summed E-state index contributed by atoms with van der Waals surface area (Å²) in [6, 6.07) is 14.8. The summed E-state index contributed by atoms with van der Waals surface area (Å²) in [6.45, 7) is 5.64. The first-order valence-electron chi connectivity index (χ1n) is 9.51. The fourth-order valence-corrected chi connectivity index (χ4v) is 3.44. The zero-order valence-corrected chi connectivity index (χ0v) is 18.8. The number of benzene rings is 3. The molecule has 0 saturated heterocycles. The van der Waals surface area contributed by atoms with Crippen LogP contribution in [0.2, 0.25) is 10.0 Å². The third-order valence-electron chi connectivity index (χ3n) is 4.65. The van der Waals surface area contributed by atoms with Crippen molar-refractivity contribution in [2.24, 2.45) is 0 Å². The standard InChI is InChI=1S/C23H22Cl2N4O2/c1-13-12-14(2)21(29-23(31)27-19-10-6-17(25)7-11-19)15(3)20(13)28-22(30)26-18-8-4-16(24)5-9-18/h4-12H,1-3H3,(H2,26,28,30)(H2,27,29,31). The molecule has 3 rings (SSSR count). The molecule has 31 heavy (non-hydrogen) atoms. The van der Waals surface area contributed by atoms with E-state index in [4.69, 9.17) is 23.2 Å². The molecule has 0 fully saturated rings. The molecule has 3 aromatic rings. The van der Waals surface area contributed by atoms with E-state index >= 15 is 0 Å². The SMILES string of the molecule is Cc1cc(C)c(NC(=O)Nc2ccc(Cl)cc2)c(C)c1NC(=O)Nc1ccc(Cl)cc1. The number of hydrogen-bond donors (Lipinski definition) is 4. The van der Waals surface area contributed by atoms with E-state index in [0.717, 1.165) is 16.7 Å². The Hall–Kier alpha value is -3.22. The predicted molar refractivity (Wildman–Crippen MR) is 129 cm³/mol. The molecule has 0 aliphatic rings. The molecule has 3 aromatic carbocycles. The molecule has 0 aliphatic heterocycles. The average Bonchev–Trinajstić information content (AvgIpc) is 2.72. The van der Waals surface area contributed by atoms with Crippen LogP contribution in [0.25, 0.3) is 0 Å². The van der Waals surface area contributed by atoms with Gasteiger partial charge in [-0.1, -0.05) is 29.3 Å². The Morgan fingerprint density at radius 2 is 0.968 bits per heavy atom. The number of nitrogens with one attached hydrogen (secondary N) is 4. The molecular formula is C23H22Cl2N4O2. The number of halogens is 2. The maximum Gasteiger partial charge on any atom is 0.323 e. The molecule has 0 aromatic heterocycles. The lowest BCUT2D eigenvalue weighted by Gasteiger charge is -2.19. The molecule has 8 heteroatoms. The quantitative estimate of drug-likeness (QED) is 0.334. The summed E-state index contributed by atoms with van der Waals surface area (Å²) < 4.78 is 0. The van der Waals surface area contributed by atoms with Gasteiger partial charge in [0, 0.05) is 21.4 Å². The largest absolute Gasteiger partial charge is 0.323 e. The van der Waals surface area contributed by atoms with Crippen molar-refractivity contribution in [2.45, 2.75) is 20.8 Å². The first-order valence-corrected chi connectivity index (χ1v) is 10.3. The van der Waals surface area contributed by atoms with Crippen molar-refractivity contribution in [3.05, 3.63) is 81.3 Å². The third kappa shape index (κ3) is 5.90. The van der Waals surface area contributed by atoms with Crippen LogP contribution in [0.1, 0.15) is 16.7 Å². The third-order valence-corrected chi connectivity index (χ3v) is 5.16. The van der Waals surface area contributed by atoms with Crippen LogP contribution in [0.15, 0.2) is 54.6 Å². The lowest BCUT2D eigenvalue weighted by molar-refractivity contribution is 0.261. The van der Waals surface area contributed by atoms with Gasteiger partial charge in [-0.15, -0.1) is 0 Å². The van der Waals surface area contributed by atoms with Crippen LogP contribution in [0.3, 0.4) is 0 Å². The normalized spacial score (nSPS) is 10.4. The molecule has 4 N–H and O–H groups in total. The van der Waals surface area contributed by atoms with Gasteiger partial charge in [-0.05, 0) is 86.0 Å². The van der Waals surface area contributed by atoms with Gasteiger partial charge < -0.3 is 21.3 Å². The minimum Gasteiger partial charge on any atom is -0.308 e. The van der Waals surface area contributed by atoms with Gasteiger partial charge in [-0.2, -0.15) is 0 Å². The Balaban J connectivity index is 1.75. The number of rotatable bonds is 4. The summed E-state index contributed by atoms with van der Waals surface area (Å²) in [4.78, 5) is 25.0. The molecule has 0 atom stereocenters. The number of urea groups is 2. The van der Waals surface area contributed by atoms with E-state index in [1.807, 2.05) is 26.8 Å². The first kappa shape index (κ1) is 22.5. The fourth-order valence-electron chi connectivity index (χ4n) is 3.19. The molecule has 0 unspecified atom stereocenters. The number of carbonyl (C=O) groups is 2. The highest BCUT2D eigenvalue weighted by Crippen LogP contribution is 2.31. The van der Waals surface area contributed by atoms with Crippen LogP contribution in [-0.4, -0.2) is 12.1 Å². The molecule has 0 heterocycles. The molecule has 0 radical (unpaired) electrons. The van der Waals surface area contributed by atoms with Crippen molar-refractivity contribution in [1.29, 1.82) is 0 Å². The molecule has 0 spiro atoms. The monoisotopic (exact) mass is 456 g/mol. The second-order valence-corrected chi connectivity index (χ2v) is 7.93. The van der Waals surface area contributed by atoms with E-state index in [1.54, 1.807) is 48.5 Å². The van der Waals surface area contributed by atoms with Crippen LogP contribution >= 0.6 is 23.2 Å². The van der Waals surface area contributed by atoms with Crippen LogP contribution < -0.4 is 21.3 Å². The number of hydrogen-bond acceptors (Lipinski definition) is 2. The van der Waals surface area contributed by atoms with Crippen molar-refractivity contribution in [3.63, 3.8) is 0 Å². The lowest BCUT2D eigenvalue weighted by atomic mass is 10.0. The molecule has 6 nitrogen and oxygen atoms in total. The van der Waals surface area contributed by atoms with E-state index in [1.165, 1.54) is 0 Å². The van der Waals surface area contributed by atoms with Crippen LogP contribution in [0.5, 0.6) is 0 Å². The van der Waals surface area contributed by atoms with Crippen molar-refractivity contribution in [2.75, 3.05) is 21.3 Å². The van der Waals surface area contributed by atoms with Gasteiger partial charge in [0.15, 0.2) is 0 Å². The van der Waals surface area contributed by atoms with Gasteiger partial charge in [0.2, 0.25) is 0 Å². The van der Waals surface area contributed by atoms with Crippen molar-refractivity contribution in [3.8, 4) is 0 Å². The molecular weight excluding hydrogens is 435 g/mol. The van der Waals surface area contributed by atoms with E-state index in [9.17, 15) is 9.59 Å². The van der Waals surface area contributed by atoms with Gasteiger partial charge in [-0.25, -0.2) is 9.59 Å². The van der Waals surface area contributed by atoms with E-state index < -0.39 is 12.1 Å². The molecule has 0 bridgehead atoms. The summed E-state index contributed by atoms with van der Waals surface area (Å²) >= 11 is 11.8. The second-order valence-electron chi connectivity index (χ2n) is 7.06. The Morgan fingerprint density at radius 1 is 0.613 bits per heavy atom. The Labute approximate surface area is 190 Å². The molecule has 160 valence electrons. The summed E-state index contributed by atoms with van der Waals surface area (Å²) in [5, 5.41) is 12.4. The Morgan fingerprint density at radius 3 is 1.32 bits per heavy atom. The van der Waals surface area contributed by atoms with Gasteiger partial charge in [0.25, 0.3) is 0 Å². The maximum atomic E-state index is 12.5. The smallest absolute Gasteiger partial charge is 0.308 e. The van der Waals surface area contributed by atoms with Gasteiger partial charge in [0.1, 0.15) is 0 Å². The molecule has 0 aliphatic carbocycles. The number of aryl methyl sites for hydroxylation is 2. The molecule has 0 saturated carbocycles. The van der Waals surface area contributed by atoms with Gasteiger partial charge in [-0.3, -0.25) is 0 Å². The van der Waals surface area contributed by atoms with Gasteiger partial charge >= 0.3 is 12.1 Å². The first-order chi connectivity index (χ1) is 14.7. The highest BCUT2D eigenvalue weighted by Gasteiger charge is 2.15. The van der Waals surface area contributed by atoms with Gasteiger partial charge in [0.05, 0.1) is 11.4 Å². The highest BCUT2D eigenvalue weighted by molar-refractivity contribution is 6.31. The zero-order valence-electron chi connectivity index (χ0n) is 17.3. The summed E-state index contributed by atoms with van der Waals surface area (Å²) in [7, 11) is 0. The Kier molecular flexibility index (Phi) is 7.05. The summed E-state index contributed by atoms with van der Waals surface area (Å²) in [5.41, 5.74) is 4.98. The number of amides is 4. The van der Waals surface area contributed by atoms with Crippen LogP contribution in [0.4, 0.5) is 32.3 Å². The predicted octanol–water partition coefficient (Wildman–Crippen LogP) is 7.21. The van der Waals surface area contributed by atoms with E-state index in [2.05, 4.69) is 21.3 Å². The average molecular weight is 457 g/mol. The lowest BCUT2D eigenvalue weighted by Crippen LogP contribution is -2.23. The number of carbonyl (C=O) groups excluding carboxylic acids is 2.